The van der Waals surface area contributed by atoms with Crippen LogP contribution in [0.4, 0.5) is 13.2 Å². The first-order chi connectivity index (χ1) is 8.15. The molecule has 1 aromatic carbocycles. The van der Waals surface area contributed by atoms with Crippen molar-refractivity contribution in [2.24, 2.45) is 5.73 Å². The van der Waals surface area contributed by atoms with E-state index in [0.717, 1.165) is 0 Å². The van der Waals surface area contributed by atoms with Gasteiger partial charge in [-0.15, -0.1) is 0 Å². The normalized spacial score (nSPS) is 15.2. The molecule has 0 aliphatic heterocycles. The predicted octanol–water partition coefficient (Wildman–Crippen LogP) is 2.30. The number of primary amides is 1. The second-order valence-corrected chi connectivity index (χ2v) is 4.88. The summed E-state index contributed by atoms with van der Waals surface area (Å²) in [4.78, 5) is 11.4. The van der Waals surface area contributed by atoms with Gasteiger partial charge in [0, 0.05) is 4.47 Å². The molecular formula is C11H12BrF3N2O. The van der Waals surface area contributed by atoms with Crippen LogP contribution >= 0.6 is 15.9 Å². The van der Waals surface area contributed by atoms with E-state index < -0.39 is 24.2 Å². The molecule has 0 radical (unpaired) electrons. The molecule has 0 aliphatic carbocycles. The van der Waals surface area contributed by atoms with Crippen molar-refractivity contribution in [2.75, 3.05) is 6.54 Å². The quantitative estimate of drug-likeness (QED) is 0.893. The average Bonchev–Trinajstić information content (AvgIpc) is 2.24. The van der Waals surface area contributed by atoms with Crippen molar-refractivity contribution in [3.05, 3.63) is 34.3 Å². The molecular weight excluding hydrogens is 313 g/mol. The van der Waals surface area contributed by atoms with Crippen LogP contribution in [0.5, 0.6) is 0 Å². The fraction of sp³-hybridized carbons (Fsp3) is 0.364. The first-order valence-electron chi connectivity index (χ1n) is 5.03. The lowest BCUT2D eigenvalue weighted by Crippen LogP contribution is -2.53. The maximum absolute atomic E-state index is 12.2. The largest absolute Gasteiger partial charge is 0.401 e. The number of nitrogens with two attached hydrogens (primary N) is 1. The molecule has 0 saturated carbocycles. The fourth-order valence-corrected chi connectivity index (χ4v) is 1.81. The van der Waals surface area contributed by atoms with Crippen LogP contribution in [0.1, 0.15) is 12.5 Å². The molecule has 3 N–H and O–H groups in total. The summed E-state index contributed by atoms with van der Waals surface area (Å²) in [6.45, 7) is 0.0296. The summed E-state index contributed by atoms with van der Waals surface area (Å²) in [6, 6.07) is 6.41. The van der Waals surface area contributed by atoms with Crippen molar-refractivity contribution in [3.63, 3.8) is 0 Å². The van der Waals surface area contributed by atoms with Crippen molar-refractivity contribution >= 4 is 21.8 Å². The molecule has 1 amide bonds. The number of halogens is 4. The SMILES string of the molecule is CC(NCC(F)(F)F)(C(N)=O)c1cccc(Br)c1. The summed E-state index contributed by atoms with van der Waals surface area (Å²) < 4.78 is 37.3. The molecule has 0 spiro atoms. The van der Waals surface area contributed by atoms with Crippen molar-refractivity contribution in [1.29, 1.82) is 0 Å². The van der Waals surface area contributed by atoms with E-state index in [-0.39, 0.29) is 0 Å². The first-order valence-corrected chi connectivity index (χ1v) is 5.82. The van der Waals surface area contributed by atoms with Crippen LogP contribution in [0.2, 0.25) is 0 Å². The van der Waals surface area contributed by atoms with E-state index in [1.54, 1.807) is 24.3 Å². The van der Waals surface area contributed by atoms with Crippen LogP contribution in [-0.4, -0.2) is 18.6 Å². The third-order valence-corrected chi connectivity index (χ3v) is 3.03. The Morgan fingerprint density at radius 2 is 2.06 bits per heavy atom. The summed E-state index contributed by atoms with van der Waals surface area (Å²) in [5, 5.41) is 2.16. The Hall–Kier alpha value is -1.08. The van der Waals surface area contributed by atoms with Crippen molar-refractivity contribution in [2.45, 2.75) is 18.6 Å². The van der Waals surface area contributed by atoms with Gasteiger partial charge < -0.3 is 5.73 Å². The minimum Gasteiger partial charge on any atom is -0.368 e. The average molecular weight is 325 g/mol. The van der Waals surface area contributed by atoms with E-state index in [1.807, 2.05) is 0 Å². The number of carbonyl (C=O) groups is 1. The van der Waals surface area contributed by atoms with Crippen LogP contribution < -0.4 is 11.1 Å². The summed E-state index contributed by atoms with van der Waals surface area (Å²) in [5.74, 6) is -0.871. The van der Waals surface area contributed by atoms with Crippen molar-refractivity contribution in [1.82, 2.24) is 5.32 Å². The second-order valence-electron chi connectivity index (χ2n) is 3.97. The lowest BCUT2D eigenvalue weighted by atomic mass is 9.91. The summed E-state index contributed by atoms with van der Waals surface area (Å²) in [6.07, 6.45) is -4.41. The van der Waals surface area contributed by atoms with Crippen LogP contribution in [-0.2, 0) is 10.3 Å². The van der Waals surface area contributed by atoms with Crippen molar-refractivity contribution in [3.8, 4) is 0 Å². The number of amides is 1. The Kier molecular flexibility index (Phi) is 4.39. The monoisotopic (exact) mass is 324 g/mol. The summed E-state index contributed by atoms with van der Waals surface area (Å²) in [7, 11) is 0. The molecule has 1 atom stereocenters. The topological polar surface area (TPSA) is 55.1 Å². The number of nitrogens with one attached hydrogen (secondary N) is 1. The Labute approximate surface area is 111 Å². The van der Waals surface area contributed by atoms with Gasteiger partial charge in [-0.2, -0.15) is 13.2 Å². The molecule has 3 nitrogen and oxygen atoms in total. The number of hydrogen-bond donors (Lipinski definition) is 2. The van der Waals surface area contributed by atoms with Gasteiger partial charge in [0.2, 0.25) is 5.91 Å². The highest BCUT2D eigenvalue weighted by molar-refractivity contribution is 9.10. The van der Waals surface area contributed by atoms with Gasteiger partial charge in [0.25, 0.3) is 0 Å². The molecule has 1 unspecified atom stereocenters. The van der Waals surface area contributed by atoms with Gasteiger partial charge in [-0.05, 0) is 24.6 Å². The highest BCUT2D eigenvalue weighted by atomic mass is 79.9. The van der Waals surface area contributed by atoms with Crippen LogP contribution in [0.15, 0.2) is 28.7 Å². The van der Waals surface area contributed by atoms with Gasteiger partial charge in [-0.1, -0.05) is 28.1 Å². The molecule has 100 valence electrons. The second kappa shape index (κ2) is 5.27. The predicted molar refractivity (Wildman–Crippen MR) is 64.7 cm³/mol. The van der Waals surface area contributed by atoms with E-state index in [2.05, 4.69) is 21.2 Å². The summed E-state index contributed by atoms with van der Waals surface area (Å²) in [5.41, 5.74) is 4.00. The van der Waals surface area contributed by atoms with E-state index in [9.17, 15) is 18.0 Å². The minimum atomic E-state index is -4.41. The maximum atomic E-state index is 12.2. The standard InChI is InChI=1S/C11H12BrF3N2O/c1-10(9(16)18,17-6-11(13,14)15)7-3-2-4-8(12)5-7/h2-5,17H,6H2,1H3,(H2,16,18). The number of alkyl halides is 3. The zero-order chi connectivity index (χ0) is 14.0. The third-order valence-electron chi connectivity index (χ3n) is 2.54. The van der Waals surface area contributed by atoms with Gasteiger partial charge in [0.05, 0.1) is 6.54 Å². The molecule has 0 fully saturated rings. The Morgan fingerprint density at radius 1 is 1.44 bits per heavy atom. The molecule has 18 heavy (non-hydrogen) atoms. The first kappa shape index (κ1) is 15.0. The van der Waals surface area contributed by atoms with Gasteiger partial charge >= 0.3 is 6.18 Å². The van der Waals surface area contributed by atoms with Crippen LogP contribution in [0.25, 0.3) is 0 Å². The molecule has 1 aromatic rings. The van der Waals surface area contributed by atoms with Gasteiger partial charge in [0.15, 0.2) is 0 Å². The molecule has 0 saturated heterocycles. The van der Waals surface area contributed by atoms with E-state index in [1.165, 1.54) is 6.92 Å². The highest BCUT2D eigenvalue weighted by Gasteiger charge is 2.37. The summed E-state index contributed by atoms with van der Waals surface area (Å²) >= 11 is 3.19. The van der Waals surface area contributed by atoms with Crippen molar-refractivity contribution < 1.29 is 18.0 Å². The molecule has 0 heterocycles. The smallest absolute Gasteiger partial charge is 0.368 e. The lowest BCUT2D eigenvalue weighted by molar-refractivity contribution is -0.135. The van der Waals surface area contributed by atoms with E-state index in [4.69, 9.17) is 5.73 Å². The zero-order valence-electron chi connectivity index (χ0n) is 9.51. The Balaban J connectivity index is 3.04. The molecule has 0 aliphatic rings. The minimum absolute atomic E-state index is 0.369. The number of benzene rings is 1. The van der Waals surface area contributed by atoms with Crippen LogP contribution in [0.3, 0.4) is 0 Å². The highest BCUT2D eigenvalue weighted by Crippen LogP contribution is 2.25. The number of hydrogen-bond acceptors (Lipinski definition) is 2. The molecule has 0 aromatic heterocycles. The van der Waals surface area contributed by atoms with Crippen LogP contribution in [0, 0.1) is 0 Å². The van der Waals surface area contributed by atoms with Gasteiger partial charge in [-0.25, -0.2) is 0 Å². The third kappa shape index (κ3) is 3.71. The molecule has 0 bridgehead atoms. The maximum Gasteiger partial charge on any atom is 0.401 e. The molecule has 1 rings (SSSR count). The lowest BCUT2D eigenvalue weighted by Gasteiger charge is -2.28. The zero-order valence-corrected chi connectivity index (χ0v) is 11.1. The number of rotatable bonds is 4. The van der Waals surface area contributed by atoms with E-state index >= 15 is 0 Å². The van der Waals surface area contributed by atoms with E-state index in [0.29, 0.717) is 10.0 Å². The fourth-order valence-electron chi connectivity index (χ4n) is 1.41. The molecule has 7 heteroatoms. The Bertz CT molecular complexity index is 450. The Morgan fingerprint density at radius 3 is 2.50 bits per heavy atom. The van der Waals surface area contributed by atoms with Gasteiger partial charge in [0.1, 0.15) is 5.54 Å². The van der Waals surface area contributed by atoms with Gasteiger partial charge in [-0.3, -0.25) is 10.1 Å². The number of carbonyl (C=O) groups excluding carboxylic acids is 1.